The Kier molecular flexibility index (Phi) is 4.87. The van der Waals surface area contributed by atoms with Crippen LogP contribution in [0.5, 0.6) is 0 Å². The van der Waals surface area contributed by atoms with Gasteiger partial charge in [0.05, 0.1) is 0 Å². The molecule has 0 bridgehead atoms. The number of amides is 1. The summed E-state index contributed by atoms with van der Waals surface area (Å²) in [6.07, 6.45) is 0. The van der Waals surface area contributed by atoms with Crippen LogP contribution >= 0.6 is 46.4 Å². The lowest BCUT2D eigenvalue weighted by Crippen LogP contribution is -2.41. The fourth-order valence-corrected chi connectivity index (χ4v) is 0.585. The highest BCUT2D eigenvalue weighted by Crippen LogP contribution is 2.25. The Morgan fingerprint density at radius 2 is 2.00 bits per heavy atom. The van der Waals surface area contributed by atoms with Gasteiger partial charge in [0.1, 0.15) is 0 Å². The molecule has 0 saturated carbocycles. The van der Waals surface area contributed by atoms with Crippen molar-refractivity contribution in [1.29, 1.82) is 0 Å². The van der Waals surface area contributed by atoms with Crippen LogP contribution in [-0.2, 0) is 4.79 Å². The van der Waals surface area contributed by atoms with E-state index >= 15 is 0 Å². The Balaban J connectivity index is 3.88. The molecule has 6 heteroatoms. The molecular formula is C5H7Cl4NO. The van der Waals surface area contributed by atoms with E-state index in [4.69, 9.17) is 46.4 Å². The fourth-order valence-electron chi connectivity index (χ4n) is 0.344. The van der Waals surface area contributed by atoms with Crippen molar-refractivity contribution in [3.05, 3.63) is 0 Å². The van der Waals surface area contributed by atoms with Gasteiger partial charge >= 0.3 is 0 Å². The summed E-state index contributed by atoms with van der Waals surface area (Å²) in [6.45, 7) is 1.71. The normalized spacial score (nSPS) is 14.3. The summed E-state index contributed by atoms with van der Waals surface area (Å²) < 4.78 is -1.90. The van der Waals surface area contributed by atoms with Crippen molar-refractivity contribution in [3.63, 3.8) is 0 Å². The molecule has 0 aliphatic rings. The van der Waals surface area contributed by atoms with Crippen molar-refractivity contribution in [2.45, 2.75) is 16.8 Å². The van der Waals surface area contributed by atoms with Crippen molar-refractivity contribution in [2.75, 3.05) is 5.88 Å². The van der Waals surface area contributed by atoms with E-state index in [0.29, 0.717) is 0 Å². The second-order valence-corrected chi connectivity index (χ2v) is 4.62. The second-order valence-electron chi connectivity index (χ2n) is 2.03. The third kappa shape index (κ3) is 4.96. The minimum Gasteiger partial charge on any atom is -0.349 e. The summed E-state index contributed by atoms with van der Waals surface area (Å²) in [6, 6.07) is -0.195. The largest absolute Gasteiger partial charge is 0.349 e. The third-order valence-electron chi connectivity index (χ3n) is 0.866. The van der Waals surface area contributed by atoms with Crippen LogP contribution in [0.1, 0.15) is 6.92 Å². The summed E-state index contributed by atoms with van der Waals surface area (Å²) in [5.74, 6) is -0.373. The number of carbonyl (C=O) groups is 1. The Bertz CT molecular complexity index is 144. The number of rotatable bonds is 2. The summed E-state index contributed by atoms with van der Waals surface area (Å²) in [4.78, 5) is 10.9. The maximum absolute atomic E-state index is 10.9. The zero-order valence-corrected chi connectivity index (χ0v) is 8.73. The summed E-state index contributed by atoms with van der Waals surface area (Å²) in [7, 11) is 0. The van der Waals surface area contributed by atoms with Crippen LogP contribution in [0, 0.1) is 0 Å². The van der Waals surface area contributed by atoms with Crippen LogP contribution in [0.3, 0.4) is 0 Å². The molecule has 1 unspecified atom stereocenters. The quantitative estimate of drug-likeness (QED) is 0.734. The molecule has 66 valence electrons. The monoisotopic (exact) mass is 237 g/mol. The topological polar surface area (TPSA) is 29.1 Å². The highest BCUT2D eigenvalue weighted by Gasteiger charge is 2.31. The number of nitrogens with one attached hydrogen (secondary N) is 1. The highest BCUT2D eigenvalue weighted by molar-refractivity contribution is 6.76. The van der Waals surface area contributed by atoms with Gasteiger partial charge in [0.25, 0.3) is 9.70 Å². The first-order valence-corrected chi connectivity index (χ1v) is 4.48. The van der Waals surface area contributed by atoms with Crippen molar-refractivity contribution >= 4 is 52.3 Å². The third-order valence-corrected chi connectivity index (χ3v) is 1.84. The molecular weight excluding hydrogens is 232 g/mol. The van der Waals surface area contributed by atoms with Crippen molar-refractivity contribution in [3.8, 4) is 0 Å². The first-order valence-electron chi connectivity index (χ1n) is 2.81. The van der Waals surface area contributed by atoms with E-state index in [1.807, 2.05) is 0 Å². The van der Waals surface area contributed by atoms with Crippen LogP contribution in [-0.4, -0.2) is 21.6 Å². The SMILES string of the molecule is CC(CCl)NC(=O)C(Cl)(Cl)Cl. The molecule has 0 aliphatic carbocycles. The lowest BCUT2D eigenvalue weighted by molar-refractivity contribution is -0.120. The molecule has 11 heavy (non-hydrogen) atoms. The minimum atomic E-state index is -1.90. The number of alkyl halides is 4. The smallest absolute Gasteiger partial charge is 0.272 e. The molecule has 1 amide bonds. The van der Waals surface area contributed by atoms with Gasteiger partial charge in [-0.2, -0.15) is 0 Å². The van der Waals surface area contributed by atoms with Gasteiger partial charge in [-0.15, -0.1) is 11.6 Å². The first kappa shape index (κ1) is 11.6. The molecule has 0 rings (SSSR count). The molecule has 1 N–H and O–H groups in total. The highest BCUT2D eigenvalue weighted by atomic mass is 35.6. The molecule has 0 radical (unpaired) electrons. The molecule has 0 aromatic heterocycles. The van der Waals surface area contributed by atoms with E-state index in [2.05, 4.69) is 5.32 Å². The van der Waals surface area contributed by atoms with E-state index in [1.165, 1.54) is 0 Å². The van der Waals surface area contributed by atoms with Crippen LogP contribution < -0.4 is 5.32 Å². The molecule has 1 atom stereocenters. The molecule has 0 saturated heterocycles. The Morgan fingerprint density at radius 1 is 1.55 bits per heavy atom. The van der Waals surface area contributed by atoms with E-state index in [0.717, 1.165) is 0 Å². The van der Waals surface area contributed by atoms with E-state index in [-0.39, 0.29) is 11.9 Å². The van der Waals surface area contributed by atoms with Gasteiger partial charge in [-0.25, -0.2) is 0 Å². The summed E-state index contributed by atoms with van der Waals surface area (Å²) in [5, 5.41) is 2.40. The van der Waals surface area contributed by atoms with E-state index < -0.39 is 9.70 Å². The fraction of sp³-hybridized carbons (Fsp3) is 0.800. The van der Waals surface area contributed by atoms with Gasteiger partial charge in [0, 0.05) is 11.9 Å². The first-order chi connectivity index (χ1) is 4.88. The summed E-state index contributed by atoms with van der Waals surface area (Å²) in [5.41, 5.74) is 0. The molecule has 0 fully saturated rings. The maximum Gasteiger partial charge on any atom is 0.272 e. The van der Waals surface area contributed by atoms with Gasteiger partial charge in [-0.05, 0) is 6.92 Å². The van der Waals surface area contributed by atoms with Gasteiger partial charge in [0.15, 0.2) is 0 Å². The van der Waals surface area contributed by atoms with Gasteiger partial charge < -0.3 is 5.32 Å². The van der Waals surface area contributed by atoms with E-state index in [1.54, 1.807) is 6.92 Å². The Labute approximate surface area is 85.1 Å². The van der Waals surface area contributed by atoms with Crippen molar-refractivity contribution in [1.82, 2.24) is 5.32 Å². The zero-order valence-electron chi connectivity index (χ0n) is 5.70. The predicted octanol–water partition coefficient (Wildman–Crippen LogP) is 2.10. The van der Waals surface area contributed by atoms with Crippen molar-refractivity contribution < 1.29 is 4.79 Å². The average molecular weight is 239 g/mol. The van der Waals surface area contributed by atoms with Gasteiger partial charge in [-0.1, -0.05) is 34.8 Å². The number of halogens is 4. The number of hydrogen-bond acceptors (Lipinski definition) is 1. The predicted molar refractivity (Wildman–Crippen MR) is 48.6 cm³/mol. The van der Waals surface area contributed by atoms with Crippen LogP contribution in [0.2, 0.25) is 0 Å². The molecule has 0 aromatic rings. The standard InChI is InChI=1S/C5H7Cl4NO/c1-3(2-6)10-4(11)5(7,8)9/h3H,2H2,1H3,(H,10,11). The molecule has 0 heterocycles. The Morgan fingerprint density at radius 3 is 2.27 bits per heavy atom. The minimum absolute atomic E-state index is 0.195. The number of hydrogen-bond donors (Lipinski definition) is 1. The molecule has 2 nitrogen and oxygen atoms in total. The second kappa shape index (κ2) is 4.61. The lowest BCUT2D eigenvalue weighted by atomic mass is 10.4. The van der Waals surface area contributed by atoms with Gasteiger partial charge in [0.2, 0.25) is 0 Å². The molecule has 0 aliphatic heterocycles. The van der Waals surface area contributed by atoms with Crippen LogP contribution in [0.25, 0.3) is 0 Å². The zero-order chi connectivity index (χ0) is 9.07. The average Bonchev–Trinajstić information content (AvgIpc) is 1.85. The van der Waals surface area contributed by atoms with Gasteiger partial charge in [-0.3, -0.25) is 4.79 Å². The van der Waals surface area contributed by atoms with Crippen LogP contribution in [0.4, 0.5) is 0 Å². The van der Waals surface area contributed by atoms with Crippen LogP contribution in [0.15, 0.2) is 0 Å². The molecule has 0 spiro atoms. The summed E-state index contributed by atoms with van der Waals surface area (Å²) >= 11 is 21.2. The maximum atomic E-state index is 10.9. The van der Waals surface area contributed by atoms with E-state index in [9.17, 15) is 4.79 Å². The number of carbonyl (C=O) groups excluding carboxylic acids is 1. The van der Waals surface area contributed by atoms with Crippen molar-refractivity contribution in [2.24, 2.45) is 0 Å². The lowest BCUT2D eigenvalue weighted by Gasteiger charge is -2.14. The molecule has 0 aromatic carbocycles. The Hall–Kier alpha value is 0.630.